The van der Waals surface area contributed by atoms with Crippen molar-refractivity contribution in [2.24, 2.45) is 5.92 Å². The standard InChI is InChI=1S/C11H13F3O3S2/c1-8(6-15)7-18-9-2-4-10(5-3-9)19(16,17)11(12,13)14/h2-5,8,15H,6-7H2,1H3. The van der Waals surface area contributed by atoms with E-state index in [1.54, 1.807) is 0 Å². The van der Waals surface area contributed by atoms with Crippen LogP contribution in [-0.4, -0.2) is 31.4 Å². The number of hydrogen-bond acceptors (Lipinski definition) is 4. The first-order chi connectivity index (χ1) is 8.68. The van der Waals surface area contributed by atoms with E-state index in [1.807, 2.05) is 6.92 Å². The van der Waals surface area contributed by atoms with Crippen LogP contribution in [0.3, 0.4) is 0 Å². The third-order valence-electron chi connectivity index (χ3n) is 2.28. The molecule has 19 heavy (non-hydrogen) atoms. The predicted octanol–water partition coefficient (Wildman–Crippen LogP) is 2.70. The lowest BCUT2D eigenvalue weighted by molar-refractivity contribution is -0.0436. The number of sulfone groups is 1. The Morgan fingerprint density at radius 2 is 1.79 bits per heavy atom. The number of aliphatic hydroxyl groups is 1. The summed E-state index contributed by atoms with van der Waals surface area (Å²) in [6.45, 7) is 1.85. The lowest BCUT2D eigenvalue weighted by atomic mass is 10.2. The van der Waals surface area contributed by atoms with Crippen molar-refractivity contribution in [3.8, 4) is 0 Å². The molecule has 0 saturated carbocycles. The van der Waals surface area contributed by atoms with Gasteiger partial charge in [0, 0.05) is 17.3 Å². The summed E-state index contributed by atoms with van der Waals surface area (Å²) in [7, 11) is -5.28. The number of alkyl halides is 3. The molecule has 0 saturated heterocycles. The molecule has 0 aliphatic rings. The number of halogens is 3. The highest BCUT2D eigenvalue weighted by atomic mass is 32.2. The highest BCUT2D eigenvalue weighted by molar-refractivity contribution is 7.99. The number of rotatable bonds is 5. The van der Waals surface area contributed by atoms with Crippen molar-refractivity contribution in [1.29, 1.82) is 0 Å². The van der Waals surface area contributed by atoms with Gasteiger partial charge in [0.2, 0.25) is 0 Å². The van der Waals surface area contributed by atoms with Gasteiger partial charge in [0.1, 0.15) is 0 Å². The molecular formula is C11H13F3O3S2. The summed E-state index contributed by atoms with van der Waals surface area (Å²) in [5, 5.41) is 8.84. The third-order valence-corrected chi connectivity index (χ3v) is 5.13. The molecule has 1 aromatic rings. The van der Waals surface area contributed by atoms with Crippen molar-refractivity contribution in [3.05, 3.63) is 24.3 Å². The Balaban J connectivity index is 2.83. The fourth-order valence-corrected chi connectivity index (χ4v) is 2.81. The Labute approximate surface area is 113 Å². The predicted molar refractivity (Wildman–Crippen MR) is 66.7 cm³/mol. The molecule has 1 atom stereocenters. The minimum absolute atomic E-state index is 0.0214. The fourth-order valence-electron chi connectivity index (χ4n) is 1.14. The van der Waals surface area contributed by atoms with Gasteiger partial charge in [-0.05, 0) is 30.2 Å². The van der Waals surface area contributed by atoms with Crippen LogP contribution in [-0.2, 0) is 9.84 Å². The van der Waals surface area contributed by atoms with Crippen molar-refractivity contribution in [2.45, 2.75) is 22.2 Å². The van der Waals surface area contributed by atoms with Gasteiger partial charge in [0.05, 0.1) is 4.90 Å². The first kappa shape index (κ1) is 16.3. The van der Waals surface area contributed by atoms with E-state index >= 15 is 0 Å². The van der Waals surface area contributed by atoms with Crippen molar-refractivity contribution in [3.63, 3.8) is 0 Å². The minimum Gasteiger partial charge on any atom is -0.396 e. The average Bonchev–Trinajstić information content (AvgIpc) is 2.35. The average molecular weight is 314 g/mol. The summed E-state index contributed by atoms with van der Waals surface area (Å²) in [6.07, 6.45) is 0. The van der Waals surface area contributed by atoms with E-state index in [1.165, 1.54) is 23.9 Å². The molecule has 0 spiro atoms. The van der Waals surface area contributed by atoms with Crippen LogP contribution in [0.15, 0.2) is 34.1 Å². The number of hydrogen-bond donors (Lipinski definition) is 1. The van der Waals surface area contributed by atoms with E-state index < -0.39 is 20.2 Å². The summed E-state index contributed by atoms with van der Waals surface area (Å²) < 4.78 is 59.1. The van der Waals surface area contributed by atoms with E-state index in [2.05, 4.69) is 0 Å². The quantitative estimate of drug-likeness (QED) is 0.849. The topological polar surface area (TPSA) is 54.4 Å². The zero-order valence-corrected chi connectivity index (χ0v) is 11.6. The number of thioether (sulfide) groups is 1. The highest BCUT2D eigenvalue weighted by Crippen LogP contribution is 2.31. The normalized spacial score (nSPS) is 14.4. The van der Waals surface area contributed by atoms with E-state index in [-0.39, 0.29) is 12.5 Å². The van der Waals surface area contributed by atoms with Crippen LogP contribution in [0.2, 0.25) is 0 Å². The zero-order valence-electron chi connectivity index (χ0n) is 10.0. The van der Waals surface area contributed by atoms with Crippen molar-refractivity contribution in [1.82, 2.24) is 0 Å². The fraction of sp³-hybridized carbons (Fsp3) is 0.455. The van der Waals surface area contributed by atoms with Gasteiger partial charge in [-0.3, -0.25) is 0 Å². The SMILES string of the molecule is CC(CO)CSc1ccc(S(=O)(=O)C(F)(F)F)cc1. The second kappa shape index (κ2) is 6.15. The molecule has 0 fully saturated rings. The van der Waals surface area contributed by atoms with E-state index in [0.29, 0.717) is 10.6 Å². The van der Waals surface area contributed by atoms with Crippen molar-refractivity contribution < 1.29 is 26.7 Å². The number of benzene rings is 1. The molecule has 0 aliphatic heterocycles. The van der Waals surface area contributed by atoms with E-state index in [0.717, 1.165) is 12.1 Å². The third kappa shape index (κ3) is 4.12. The summed E-state index contributed by atoms with van der Waals surface area (Å²) in [5.41, 5.74) is -5.28. The maximum absolute atomic E-state index is 12.3. The molecule has 0 aliphatic carbocycles. The largest absolute Gasteiger partial charge is 0.501 e. The van der Waals surface area contributed by atoms with Gasteiger partial charge in [-0.2, -0.15) is 13.2 Å². The molecule has 0 aromatic heterocycles. The van der Waals surface area contributed by atoms with Crippen LogP contribution in [0.4, 0.5) is 13.2 Å². The molecule has 0 amide bonds. The van der Waals surface area contributed by atoms with Gasteiger partial charge in [0.15, 0.2) is 0 Å². The number of aliphatic hydroxyl groups excluding tert-OH is 1. The Hall–Kier alpha value is -0.730. The van der Waals surface area contributed by atoms with Gasteiger partial charge in [-0.15, -0.1) is 11.8 Å². The Morgan fingerprint density at radius 3 is 2.21 bits per heavy atom. The van der Waals surface area contributed by atoms with Crippen molar-refractivity contribution in [2.75, 3.05) is 12.4 Å². The molecule has 8 heteroatoms. The molecule has 0 radical (unpaired) electrons. The Bertz CT molecular complexity index is 509. The monoisotopic (exact) mass is 314 g/mol. The van der Waals surface area contributed by atoms with Crippen LogP contribution in [0.25, 0.3) is 0 Å². The van der Waals surface area contributed by atoms with Crippen LogP contribution < -0.4 is 0 Å². The minimum atomic E-state index is -5.28. The maximum atomic E-state index is 12.3. The van der Waals surface area contributed by atoms with Crippen LogP contribution >= 0.6 is 11.8 Å². The Morgan fingerprint density at radius 1 is 1.26 bits per heavy atom. The Kier molecular flexibility index (Phi) is 5.28. The first-order valence-corrected chi connectivity index (χ1v) is 7.80. The molecule has 1 aromatic carbocycles. The van der Waals surface area contributed by atoms with E-state index in [4.69, 9.17) is 5.11 Å². The zero-order chi connectivity index (χ0) is 14.7. The van der Waals surface area contributed by atoms with Gasteiger partial charge >= 0.3 is 5.51 Å². The van der Waals surface area contributed by atoms with Gasteiger partial charge < -0.3 is 5.11 Å². The van der Waals surface area contributed by atoms with E-state index in [9.17, 15) is 21.6 Å². The molecule has 3 nitrogen and oxygen atoms in total. The summed E-state index contributed by atoms with van der Waals surface area (Å²) >= 11 is 1.34. The highest BCUT2D eigenvalue weighted by Gasteiger charge is 2.46. The van der Waals surface area contributed by atoms with Crippen molar-refractivity contribution >= 4 is 21.6 Å². The molecule has 0 heterocycles. The molecule has 1 N–H and O–H groups in total. The lowest BCUT2D eigenvalue weighted by Gasteiger charge is -2.09. The molecule has 1 unspecified atom stereocenters. The van der Waals surface area contributed by atoms with Crippen LogP contribution in [0.1, 0.15) is 6.92 Å². The summed E-state index contributed by atoms with van der Waals surface area (Å²) in [4.78, 5) is -0.110. The second-order valence-corrected chi connectivity index (χ2v) is 7.05. The lowest BCUT2D eigenvalue weighted by Crippen LogP contribution is -2.23. The molecule has 1 rings (SSSR count). The molecule has 0 bridgehead atoms. The second-order valence-electron chi connectivity index (χ2n) is 4.02. The van der Waals surface area contributed by atoms with Crippen LogP contribution in [0, 0.1) is 5.92 Å². The summed E-state index contributed by atoms with van der Waals surface area (Å²) in [6, 6.07) is 4.53. The van der Waals surface area contributed by atoms with Gasteiger partial charge in [-0.25, -0.2) is 8.42 Å². The van der Waals surface area contributed by atoms with Crippen LogP contribution in [0.5, 0.6) is 0 Å². The summed E-state index contributed by atoms with van der Waals surface area (Å²) in [5.74, 6) is 0.658. The van der Waals surface area contributed by atoms with Gasteiger partial charge in [0.25, 0.3) is 9.84 Å². The first-order valence-electron chi connectivity index (χ1n) is 5.33. The van der Waals surface area contributed by atoms with Gasteiger partial charge in [-0.1, -0.05) is 6.92 Å². The maximum Gasteiger partial charge on any atom is 0.501 e. The smallest absolute Gasteiger partial charge is 0.396 e. The molecule has 108 valence electrons. The molecular weight excluding hydrogens is 301 g/mol.